The van der Waals surface area contributed by atoms with Crippen molar-refractivity contribution in [3.8, 4) is 0 Å². The SMILES string of the molecule is CCCCc1ccc(C(=O)/C=C2\NC(=O)CS2)cc1. The summed E-state index contributed by atoms with van der Waals surface area (Å²) in [5.41, 5.74) is 1.92. The summed E-state index contributed by atoms with van der Waals surface area (Å²) in [6.07, 6.45) is 4.89. The van der Waals surface area contributed by atoms with Gasteiger partial charge in [0.05, 0.1) is 10.8 Å². The molecule has 0 saturated carbocycles. The monoisotopic (exact) mass is 275 g/mol. The van der Waals surface area contributed by atoms with Gasteiger partial charge in [-0.25, -0.2) is 0 Å². The molecule has 100 valence electrons. The van der Waals surface area contributed by atoms with Gasteiger partial charge in [0.1, 0.15) is 0 Å². The number of nitrogens with one attached hydrogen (secondary N) is 1. The van der Waals surface area contributed by atoms with E-state index in [1.165, 1.54) is 36.2 Å². The van der Waals surface area contributed by atoms with Crippen LogP contribution in [0.15, 0.2) is 35.4 Å². The Morgan fingerprint density at radius 1 is 1.37 bits per heavy atom. The molecule has 1 amide bonds. The summed E-state index contributed by atoms with van der Waals surface area (Å²) in [6, 6.07) is 7.71. The molecule has 1 aromatic rings. The number of thioether (sulfide) groups is 1. The Bertz CT molecular complexity index is 505. The molecule has 1 N–H and O–H groups in total. The number of aryl methyl sites for hydroxylation is 1. The van der Waals surface area contributed by atoms with Crippen LogP contribution in [0.4, 0.5) is 0 Å². The first-order valence-corrected chi connectivity index (χ1v) is 7.45. The third kappa shape index (κ3) is 3.96. The molecule has 4 heteroatoms. The van der Waals surface area contributed by atoms with Crippen LogP contribution >= 0.6 is 11.8 Å². The van der Waals surface area contributed by atoms with Gasteiger partial charge in [-0.1, -0.05) is 49.4 Å². The van der Waals surface area contributed by atoms with E-state index in [0.29, 0.717) is 16.3 Å². The Kier molecular flexibility index (Phi) is 4.80. The van der Waals surface area contributed by atoms with E-state index in [2.05, 4.69) is 12.2 Å². The number of unbranched alkanes of at least 4 members (excludes halogenated alkanes) is 1. The van der Waals surface area contributed by atoms with Crippen molar-refractivity contribution in [3.05, 3.63) is 46.5 Å². The predicted molar refractivity (Wildman–Crippen MR) is 78.1 cm³/mol. The predicted octanol–water partition coefficient (Wildman–Crippen LogP) is 2.92. The van der Waals surface area contributed by atoms with E-state index in [9.17, 15) is 9.59 Å². The first-order valence-electron chi connectivity index (χ1n) is 6.46. The van der Waals surface area contributed by atoms with E-state index in [0.717, 1.165) is 6.42 Å². The van der Waals surface area contributed by atoms with Crippen LogP contribution in [0.2, 0.25) is 0 Å². The summed E-state index contributed by atoms with van der Waals surface area (Å²) < 4.78 is 0. The minimum atomic E-state index is -0.0632. The summed E-state index contributed by atoms with van der Waals surface area (Å²) in [6.45, 7) is 2.16. The van der Waals surface area contributed by atoms with E-state index < -0.39 is 0 Å². The lowest BCUT2D eigenvalue weighted by atomic mass is 10.0. The van der Waals surface area contributed by atoms with Gasteiger partial charge >= 0.3 is 0 Å². The van der Waals surface area contributed by atoms with Crippen molar-refractivity contribution in [1.29, 1.82) is 0 Å². The highest BCUT2D eigenvalue weighted by Gasteiger charge is 2.16. The smallest absolute Gasteiger partial charge is 0.235 e. The molecular weight excluding hydrogens is 258 g/mol. The third-order valence-corrected chi connectivity index (χ3v) is 3.88. The molecule has 1 heterocycles. The maximum atomic E-state index is 12.0. The van der Waals surface area contributed by atoms with Crippen molar-refractivity contribution in [1.82, 2.24) is 5.32 Å². The number of ketones is 1. The second kappa shape index (κ2) is 6.57. The largest absolute Gasteiger partial charge is 0.320 e. The quantitative estimate of drug-likeness (QED) is 0.664. The van der Waals surface area contributed by atoms with Crippen LogP contribution in [0.1, 0.15) is 35.7 Å². The normalized spacial score (nSPS) is 16.7. The standard InChI is InChI=1S/C15H17NO2S/c1-2-3-4-11-5-7-12(8-6-11)13(17)9-15-16-14(18)10-19-15/h5-9H,2-4,10H2,1H3,(H,16,18)/b15-9+. The van der Waals surface area contributed by atoms with Crippen LogP contribution in [0.25, 0.3) is 0 Å². The molecule has 1 fully saturated rings. The molecule has 2 rings (SSSR count). The minimum absolute atomic E-state index is 0.0426. The molecule has 1 aromatic carbocycles. The lowest BCUT2D eigenvalue weighted by molar-refractivity contribution is -0.117. The molecule has 1 aliphatic rings. The molecule has 0 bridgehead atoms. The number of carbonyl (C=O) groups is 2. The Morgan fingerprint density at radius 3 is 2.68 bits per heavy atom. The lowest BCUT2D eigenvalue weighted by Gasteiger charge is -2.02. The number of carbonyl (C=O) groups excluding carboxylic acids is 2. The van der Waals surface area contributed by atoms with E-state index in [-0.39, 0.29) is 11.7 Å². The van der Waals surface area contributed by atoms with Gasteiger partial charge in [-0.05, 0) is 18.4 Å². The first kappa shape index (κ1) is 13.9. The molecule has 1 saturated heterocycles. The number of rotatable bonds is 5. The molecular formula is C15H17NO2S. The summed E-state index contributed by atoms with van der Waals surface area (Å²) in [5, 5.41) is 3.30. The van der Waals surface area contributed by atoms with Crippen molar-refractivity contribution >= 4 is 23.5 Å². The van der Waals surface area contributed by atoms with Crippen LogP contribution < -0.4 is 5.32 Å². The molecule has 0 atom stereocenters. The van der Waals surface area contributed by atoms with Crippen molar-refractivity contribution in [2.75, 3.05) is 5.75 Å². The number of benzene rings is 1. The second-order valence-electron chi connectivity index (χ2n) is 4.51. The summed E-state index contributed by atoms with van der Waals surface area (Å²) in [4.78, 5) is 23.0. The average Bonchev–Trinajstić information content (AvgIpc) is 2.82. The van der Waals surface area contributed by atoms with Crippen LogP contribution in [0.5, 0.6) is 0 Å². The molecule has 0 aromatic heterocycles. The fourth-order valence-corrected chi connectivity index (χ4v) is 2.58. The van der Waals surface area contributed by atoms with Crippen LogP contribution in [-0.4, -0.2) is 17.4 Å². The highest BCUT2D eigenvalue weighted by atomic mass is 32.2. The van der Waals surface area contributed by atoms with Gasteiger partial charge in [0.25, 0.3) is 0 Å². The summed E-state index contributed by atoms with van der Waals surface area (Å²) in [5.74, 6) is 0.292. The van der Waals surface area contributed by atoms with Crippen molar-refractivity contribution in [2.24, 2.45) is 0 Å². The number of hydrogen-bond donors (Lipinski definition) is 1. The zero-order valence-electron chi connectivity index (χ0n) is 10.9. The Labute approximate surface area is 117 Å². The lowest BCUT2D eigenvalue weighted by Crippen LogP contribution is -2.14. The van der Waals surface area contributed by atoms with Crippen molar-refractivity contribution in [3.63, 3.8) is 0 Å². The molecule has 0 unspecified atom stereocenters. The topological polar surface area (TPSA) is 46.2 Å². The van der Waals surface area contributed by atoms with Crippen LogP contribution in [0.3, 0.4) is 0 Å². The van der Waals surface area contributed by atoms with Gasteiger partial charge in [0.2, 0.25) is 5.91 Å². The average molecular weight is 275 g/mol. The summed E-state index contributed by atoms with van der Waals surface area (Å²) >= 11 is 1.37. The van der Waals surface area contributed by atoms with Gasteiger partial charge < -0.3 is 5.32 Å². The van der Waals surface area contributed by atoms with Gasteiger partial charge in [-0.3, -0.25) is 9.59 Å². The zero-order valence-corrected chi connectivity index (χ0v) is 11.8. The zero-order chi connectivity index (χ0) is 13.7. The number of hydrogen-bond acceptors (Lipinski definition) is 3. The van der Waals surface area contributed by atoms with Crippen molar-refractivity contribution in [2.45, 2.75) is 26.2 Å². The van der Waals surface area contributed by atoms with Gasteiger partial charge in [0, 0.05) is 11.6 Å². The second-order valence-corrected chi connectivity index (χ2v) is 5.53. The Hall–Kier alpha value is -1.55. The van der Waals surface area contributed by atoms with Crippen LogP contribution in [-0.2, 0) is 11.2 Å². The molecule has 3 nitrogen and oxygen atoms in total. The Morgan fingerprint density at radius 2 is 2.11 bits per heavy atom. The fraction of sp³-hybridized carbons (Fsp3) is 0.333. The van der Waals surface area contributed by atoms with E-state index in [4.69, 9.17) is 0 Å². The van der Waals surface area contributed by atoms with E-state index in [1.54, 1.807) is 0 Å². The molecule has 0 radical (unpaired) electrons. The number of allylic oxidation sites excluding steroid dienone is 1. The van der Waals surface area contributed by atoms with Gasteiger partial charge in [0.15, 0.2) is 5.78 Å². The highest BCUT2D eigenvalue weighted by Crippen LogP contribution is 2.19. The molecule has 0 aliphatic carbocycles. The van der Waals surface area contributed by atoms with E-state index in [1.807, 2.05) is 24.3 Å². The van der Waals surface area contributed by atoms with Crippen molar-refractivity contribution < 1.29 is 9.59 Å². The molecule has 0 spiro atoms. The highest BCUT2D eigenvalue weighted by molar-refractivity contribution is 8.04. The van der Waals surface area contributed by atoms with Gasteiger partial charge in [-0.2, -0.15) is 0 Å². The van der Waals surface area contributed by atoms with Gasteiger partial charge in [-0.15, -0.1) is 0 Å². The Balaban J connectivity index is 2.01. The maximum absolute atomic E-state index is 12.0. The first-order chi connectivity index (χ1) is 9.19. The minimum Gasteiger partial charge on any atom is -0.320 e. The maximum Gasteiger partial charge on any atom is 0.235 e. The number of amides is 1. The molecule has 19 heavy (non-hydrogen) atoms. The third-order valence-electron chi connectivity index (χ3n) is 2.94. The summed E-state index contributed by atoms with van der Waals surface area (Å²) in [7, 11) is 0. The molecule has 1 aliphatic heterocycles. The fourth-order valence-electron chi connectivity index (χ4n) is 1.85. The van der Waals surface area contributed by atoms with Crippen LogP contribution in [0, 0.1) is 0 Å². The van der Waals surface area contributed by atoms with E-state index >= 15 is 0 Å².